The number of rotatable bonds is 5. The van der Waals surface area contributed by atoms with Crippen LogP contribution in [0.4, 0.5) is 0 Å². The molecule has 7 nitrogen and oxygen atoms in total. The number of carbonyl (C=O) groups is 1. The summed E-state index contributed by atoms with van der Waals surface area (Å²) in [6.07, 6.45) is -1.30. The molecule has 0 saturated heterocycles. The molecule has 0 unspecified atom stereocenters. The van der Waals surface area contributed by atoms with Crippen molar-refractivity contribution >= 4 is 28.5 Å². The van der Waals surface area contributed by atoms with Crippen molar-refractivity contribution in [2.45, 2.75) is 19.4 Å². The van der Waals surface area contributed by atoms with Gasteiger partial charge in [0.05, 0.1) is 29.7 Å². The highest BCUT2D eigenvalue weighted by Gasteiger charge is 2.16. The van der Waals surface area contributed by atoms with E-state index in [1.165, 1.54) is 12.1 Å². The zero-order chi connectivity index (χ0) is 17.1. The molecule has 1 heterocycles. The van der Waals surface area contributed by atoms with Gasteiger partial charge >= 0.3 is 5.63 Å². The third kappa shape index (κ3) is 3.82. The molecule has 124 valence electrons. The minimum atomic E-state index is -1.06. The standard InChI is InChI=1S/C15H16ClNO6/c1-7-9-2-11(16)12(20)4-13(9)23-15(22)10(7)3-14(21)17-5-8(19)6-18/h2,4,8,18-20H,3,5-6H2,1H3,(H,17,21)/t8-/m1/s1. The number of phenols is 1. The maximum absolute atomic E-state index is 12.0. The number of phenolic OH excluding ortho intramolecular Hbond substituents is 1. The van der Waals surface area contributed by atoms with Crippen LogP contribution >= 0.6 is 11.6 Å². The predicted octanol–water partition coefficient (Wildman–Crippen LogP) is 0.472. The van der Waals surface area contributed by atoms with Crippen molar-refractivity contribution < 1.29 is 24.5 Å². The molecule has 0 saturated carbocycles. The number of aliphatic hydroxyl groups excluding tert-OH is 2. The highest BCUT2D eigenvalue weighted by atomic mass is 35.5. The van der Waals surface area contributed by atoms with Gasteiger partial charge in [0.15, 0.2) is 0 Å². The number of benzene rings is 1. The van der Waals surface area contributed by atoms with Crippen LogP contribution in [0.1, 0.15) is 11.1 Å². The third-order valence-corrected chi connectivity index (χ3v) is 3.74. The molecule has 2 rings (SSSR count). The SMILES string of the molecule is Cc1c(CC(=O)NC[C@@H](O)CO)c(=O)oc2cc(O)c(Cl)cc12. The highest BCUT2D eigenvalue weighted by molar-refractivity contribution is 6.32. The second kappa shape index (κ2) is 6.99. The van der Waals surface area contributed by atoms with Crippen LogP contribution in [-0.4, -0.2) is 40.5 Å². The molecule has 0 spiro atoms. The first-order chi connectivity index (χ1) is 10.8. The van der Waals surface area contributed by atoms with E-state index in [0.717, 1.165) is 0 Å². The number of amides is 1. The van der Waals surface area contributed by atoms with E-state index in [1.54, 1.807) is 6.92 Å². The van der Waals surface area contributed by atoms with E-state index in [-0.39, 0.29) is 34.9 Å². The molecule has 4 N–H and O–H groups in total. The minimum Gasteiger partial charge on any atom is -0.506 e. The monoisotopic (exact) mass is 341 g/mol. The van der Waals surface area contributed by atoms with Crippen LogP contribution < -0.4 is 10.9 Å². The van der Waals surface area contributed by atoms with Gasteiger partial charge in [0.25, 0.3) is 0 Å². The summed E-state index contributed by atoms with van der Waals surface area (Å²) in [5, 5.41) is 30.5. The van der Waals surface area contributed by atoms with Crippen molar-refractivity contribution in [2.24, 2.45) is 0 Å². The van der Waals surface area contributed by atoms with Crippen LogP contribution in [0.25, 0.3) is 11.0 Å². The lowest BCUT2D eigenvalue weighted by Gasteiger charge is -2.11. The summed E-state index contributed by atoms with van der Waals surface area (Å²) >= 11 is 5.86. The van der Waals surface area contributed by atoms with Gasteiger partial charge in [-0.3, -0.25) is 4.79 Å². The van der Waals surface area contributed by atoms with Crippen LogP contribution in [0.15, 0.2) is 21.3 Å². The number of aliphatic hydroxyl groups is 2. The lowest BCUT2D eigenvalue weighted by atomic mass is 10.0. The first kappa shape index (κ1) is 17.3. The van der Waals surface area contributed by atoms with Gasteiger partial charge in [-0.15, -0.1) is 0 Å². The Morgan fingerprint density at radius 1 is 1.43 bits per heavy atom. The molecule has 8 heteroatoms. The van der Waals surface area contributed by atoms with Crippen molar-refractivity contribution in [3.05, 3.63) is 38.7 Å². The van der Waals surface area contributed by atoms with Crippen LogP contribution in [0.2, 0.25) is 5.02 Å². The van der Waals surface area contributed by atoms with E-state index >= 15 is 0 Å². The van der Waals surface area contributed by atoms with E-state index in [2.05, 4.69) is 5.32 Å². The Morgan fingerprint density at radius 2 is 2.13 bits per heavy atom. The van der Waals surface area contributed by atoms with Crippen LogP contribution in [0.5, 0.6) is 5.75 Å². The summed E-state index contributed by atoms with van der Waals surface area (Å²) in [6.45, 7) is 1.06. The molecule has 1 amide bonds. The van der Waals surface area contributed by atoms with Crippen molar-refractivity contribution in [1.29, 1.82) is 0 Å². The van der Waals surface area contributed by atoms with E-state index in [4.69, 9.17) is 21.1 Å². The summed E-state index contributed by atoms with van der Waals surface area (Å²) in [5.74, 6) is -0.692. The summed E-state index contributed by atoms with van der Waals surface area (Å²) in [6, 6.07) is 2.70. The molecule has 2 aromatic rings. The molecule has 0 fully saturated rings. The van der Waals surface area contributed by atoms with E-state index < -0.39 is 24.2 Å². The fourth-order valence-corrected chi connectivity index (χ4v) is 2.28. The topological polar surface area (TPSA) is 120 Å². The lowest BCUT2D eigenvalue weighted by molar-refractivity contribution is -0.121. The predicted molar refractivity (Wildman–Crippen MR) is 83.7 cm³/mol. The van der Waals surface area contributed by atoms with Gasteiger partial charge in [0.2, 0.25) is 5.91 Å². The van der Waals surface area contributed by atoms with Gasteiger partial charge in [-0.25, -0.2) is 4.79 Å². The third-order valence-electron chi connectivity index (χ3n) is 3.44. The Labute approximate surface area is 136 Å². The maximum atomic E-state index is 12.0. The Balaban J connectivity index is 2.32. The maximum Gasteiger partial charge on any atom is 0.340 e. The quantitative estimate of drug-likeness (QED) is 0.587. The minimum absolute atomic E-state index is 0.107. The van der Waals surface area contributed by atoms with Gasteiger partial charge < -0.3 is 25.1 Å². The van der Waals surface area contributed by atoms with Crippen molar-refractivity contribution in [3.63, 3.8) is 0 Å². The number of aromatic hydroxyl groups is 1. The zero-order valence-corrected chi connectivity index (χ0v) is 13.1. The molecule has 1 aromatic heterocycles. The second-order valence-electron chi connectivity index (χ2n) is 5.11. The molecule has 0 radical (unpaired) electrons. The molecular formula is C15H16ClNO6. The van der Waals surface area contributed by atoms with Crippen molar-refractivity contribution in [3.8, 4) is 5.75 Å². The van der Waals surface area contributed by atoms with Gasteiger partial charge in [-0.1, -0.05) is 11.6 Å². The molecule has 0 aliphatic carbocycles. The fraction of sp³-hybridized carbons (Fsp3) is 0.333. The van der Waals surface area contributed by atoms with Crippen LogP contribution in [0.3, 0.4) is 0 Å². The molecule has 1 aromatic carbocycles. The first-order valence-corrected chi connectivity index (χ1v) is 7.21. The average Bonchev–Trinajstić information content (AvgIpc) is 2.51. The van der Waals surface area contributed by atoms with E-state index in [9.17, 15) is 19.8 Å². The zero-order valence-electron chi connectivity index (χ0n) is 12.3. The number of nitrogens with one attached hydrogen (secondary N) is 1. The van der Waals surface area contributed by atoms with E-state index in [1.807, 2.05) is 0 Å². The van der Waals surface area contributed by atoms with Gasteiger partial charge in [-0.2, -0.15) is 0 Å². The molecule has 0 aliphatic heterocycles. The number of halogens is 1. The number of hydrogen-bond donors (Lipinski definition) is 4. The van der Waals surface area contributed by atoms with Gasteiger partial charge in [0, 0.05) is 18.0 Å². The van der Waals surface area contributed by atoms with Crippen LogP contribution in [0, 0.1) is 6.92 Å². The lowest BCUT2D eigenvalue weighted by Crippen LogP contribution is -2.35. The van der Waals surface area contributed by atoms with Crippen LogP contribution in [-0.2, 0) is 11.2 Å². The number of carbonyl (C=O) groups excluding carboxylic acids is 1. The smallest absolute Gasteiger partial charge is 0.340 e. The Kier molecular flexibility index (Phi) is 5.25. The number of aryl methyl sites for hydroxylation is 1. The highest BCUT2D eigenvalue weighted by Crippen LogP contribution is 2.30. The summed E-state index contributed by atoms with van der Waals surface area (Å²) in [7, 11) is 0. The fourth-order valence-electron chi connectivity index (χ4n) is 2.12. The molecule has 0 bridgehead atoms. The largest absolute Gasteiger partial charge is 0.506 e. The van der Waals surface area contributed by atoms with E-state index in [0.29, 0.717) is 10.9 Å². The Bertz CT molecular complexity index is 801. The summed E-state index contributed by atoms with van der Waals surface area (Å²) in [4.78, 5) is 23.9. The molecule has 1 atom stereocenters. The average molecular weight is 342 g/mol. The second-order valence-corrected chi connectivity index (χ2v) is 5.52. The molecular weight excluding hydrogens is 326 g/mol. The first-order valence-electron chi connectivity index (χ1n) is 6.84. The number of fused-ring (bicyclic) bond motifs is 1. The Hall–Kier alpha value is -2.09. The Morgan fingerprint density at radius 3 is 2.78 bits per heavy atom. The molecule has 23 heavy (non-hydrogen) atoms. The van der Waals surface area contributed by atoms with Gasteiger partial charge in [0.1, 0.15) is 11.3 Å². The van der Waals surface area contributed by atoms with Crippen molar-refractivity contribution in [2.75, 3.05) is 13.2 Å². The number of hydrogen-bond acceptors (Lipinski definition) is 6. The van der Waals surface area contributed by atoms with Crippen molar-refractivity contribution in [1.82, 2.24) is 5.32 Å². The molecule has 0 aliphatic rings. The normalized spacial score (nSPS) is 12.3. The summed E-state index contributed by atoms with van der Waals surface area (Å²) < 4.78 is 5.11. The summed E-state index contributed by atoms with van der Waals surface area (Å²) in [5.41, 5.74) is 0.176. The van der Waals surface area contributed by atoms with Gasteiger partial charge in [-0.05, 0) is 18.6 Å².